The zero-order chi connectivity index (χ0) is 17.3. The highest BCUT2D eigenvalue weighted by Gasteiger charge is 2.38. The highest BCUT2D eigenvalue weighted by Crippen LogP contribution is 2.32. The van der Waals surface area contributed by atoms with Gasteiger partial charge in [-0.3, -0.25) is 9.59 Å². The molecule has 0 fully saturated rings. The van der Waals surface area contributed by atoms with E-state index < -0.39 is 21.8 Å². The van der Waals surface area contributed by atoms with Crippen molar-refractivity contribution in [2.24, 2.45) is 0 Å². The lowest BCUT2D eigenvalue weighted by Crippen LogP contribution is -2.33. The van der Waals surface area contributed by atoms with Crippen LogP contribution in [0.25, 0.3) is 0 Å². The van der Waals surface area contributed by atoms with Gasteiger partial charge in [0.25, 0.3) is 11.8 Å². The SMILES string of the molecule is CCCNS(=O)(=O)c1ccccc1N1C(=O)c2ccccc2C1=O. The van der Waals surface area contributed by atoms with Gasteiger partial charge >= 0.3 is 0 Å². The van der Waals surface area contributed by atoms with Crippen LogP contribution in [0.5, 0.6) is 0 Å². The van der Waals surface area contributed by atoms with E-state index in [0.29, 0.717) is 6.42 Å². The number of imide groups is 1. The Morgan fingerprint density at radius 1 is 0.917 bits per heavy atom. The van der Waals surface area contributed by atoms with Crippen LogP contribution in [0.1, 0.15) is 34.1 Å². The third-order valence-electron chi connectivity index (χ3n) is 3.73. The number of para-hydroxylation sites is 1. The van der Waals surface area contributed by atoms with Gasteiger partial charge < -0.3 is 0 Å². The number of sulfonamides is 1. The monoisotopic (exact) mass is 344 g/mol. The minimum Gasteiger partial charge on any atom is -0.268 e. The molecule has 0 unspecified atom stereocenters. The minimum atomic E-state index is -3.82. The molecular weight excluding hydrogens is 328 g/mol. The van der Waals surface area contributed by atoms with E-state index in [9.17, 15) is 18.0 Å². The second-order valence-electron chi connectivity index (χ2n) is 5.36. The molecule has 1 aliphatic rings. The molecule has 124 valence electrons. The van der Waals surface area contributed by atoms with Crippen molar-refractivity contribution in [1.82, 2.24) is 4.72 Å². The third kappa shape index (κ3) is 2.61. The number of carbonyl (C=O) groups excluding carboxylic acids is 2. The number of nitrogens with zero attached hydrogens (tertiary/aromatic N) is 1. The molecule has 2 aromatic rings. The highest BCUT2D eigenvalue weighted by molar-refractivity contribution is 7.89. The van der Waals surface area contributed by atoms with Gasteiger partial charge in [-0.25, -0.2) is 18.0 Å². The van der Waals surface area contributed by atoms with Gasteiger partial charge in [-0.1, -0.05) is 31.2 Å². The quantitative estimate of drug-likeness (QED) is 0.843. The fraction of sp³-hybridized carbons (Fsp3) is 0.176. The van der Waals surface area contributed by atoms with E-state index in [1.807, 2.05) is 6.92 Å². The van der Waals surface area contributed by atoms with E-state index in [4.69, 9.17) is 0 Å². The number of nitrogens with one attached hydrogen (secondary N) is 1. The molecule has 0 aromatic heterocycles. The molecule has 1 heterocycles. The lowest BCUT2D eigenvalue weighted by atomic mass is 10.1. The van der Waals surface area contributed by atoms with Crippen LogP contribution in [0.4, 0.5) is 5.69 Å². The van der Waals surface area contributed by atoms with Gasteiger partial charge in [0.15, 0.2) is 0 Å². The standard InChI is InChI=1S/C17H16N2O4S/c1-2-11-18-24(22,23)15-10-6-5-9-14(15)19-16(20)12-7-3-4-8-13(12)17(19)21/h3-10,18H,2,11H2,1H3. The predicted octanol–water partition coefficient (Wildman–Crippen LogP) is 2.18. The normalized spacial score (nSPS) is 14.1. The number of fused-ring (bicyclic) bond motifs is 1. The van der Waals surface area contributed by atoms with Gasteiger partial charge in [-0.05, 0) is 30.7 Å². The van der Waals surface area contributed by atoms with Crippen molar-refractivity contribution in [2.75, 3.05) is 11.4 Å². The smallest absolute Gasteiger partial charge is 0.266 e. The molecule has 3 rings (SSSR count). The van der Waals surface area contributed by atoms with Crippen LogP contribution in [0.2, 0.25) is 0 Å². The highest BCUT2D eigenvalue weighted by atomic mass is 32.2. The molecule has 1 aliphatic heterocycles. The molecule has 0 spiro atoms. The van der Waals surface area contributed by atoms with Gasteiger partial charge in [0, 0.05) is 6.54 Å². The summed E-state index contributed by atoms with van der Waals surface area (Å²) in [6.07, 6.45) is 0.633. The Bertz CT molecular complexity index is 887. The predicted molar refractivity (Wildman–Crippen MR) is 89.5 cm³/mol. The molecule has 0 radical (unpaired) electrons. The fourth-order valence-electron chi connectivity index (χ4n) is 2.59. The Labute approximate surface area is 140 Å². The Morgan fingerprint density at radius 2 is 1.46 bits per heavy atom. The molecule has 1 N–H and O–H groups in total. The second kappa shape index (κ2) is 6.18. The molecule has 0 bridgehead atoms. The molecular formula is C17H16N2O4S. The summed E-state index contributed by atoms with van der Waals surface area (Å²) in [6, 6.07) is 12.4. The lowest BCUT2D eigenvalue weighted by Gasteiger charge is -2.18. The van der Waals surface area contributed by atoms with Crippen LogP contribution >= 0.6 is 0 Å². The molecule has 0 atom stereocenters. The molecule has 0 saturated heterocycles. The Kier molecular flexibility index (Phi) is 4.21. The summed E-state index contributed by atoms with van der Waals surface area (Å²) in [5, 5.41) is 0. The fourth-order valence-corrected chi connectivity index (χ4v) is 3.91. The van der Waals surface area contributed by atoms with E-state index in [-0.39, 0.29) is 28.3 Å². The van der Waals surface area contributed by atoms with Gasteiger partial charge in [0.05, 0.1) is 16.8 Å². The minimum absolute atomic E-state index is 0.0623. The Balaban J connectivity index is 2.10. The van der Waals surface area contributed by atoms with Crippen molar-refractivity contribution < 1.29 is 18.0 Å². The van der Waals surface area contributed by atoms with Crippen LogP contribution in [-0.4, -0.2) is 26.8 Å². The maximum absolute atomic E-state index is 12.6. The number of benzene rings is 2. The number of rotatable bonds is 5. The molecule has 6 nitrogen and oxygen atoms in total. The number of hydrogen-bond donors (Lipinski definition) is 1. The lowest BCUT2D eigenvalue weighted by molar-refractivity contribution is 0.0925. The first-order valence-electron chi connectivity index (χ1n) is 7.54. The summed E-state index contributed by atoms with van der Waals surface area (Å²) in [7, 11) is -3.82. The molecule has 7 heteroatoms. The topological polar surface area (TPSA) is 83.6 Å². The summed E-state index contributed by atoms with van der Waals surface area (Å²) >= 11 is 0. The van der Waals surface area contributed by atoms with Crippen LogP contribution in [0.15, 0.2) is 53.4 Å². The van der Waals surface area contributed by atoms with Crippen molar-refractivity contribution in [3.63, 3.8) is 0 Å². The van der Waals surface area contributed by atoms with E-state index in [1.165, 1.54) is 12.1 Å². The Morgan fingerprint density at radius 3 is 2.04 bits per heavy atom. The molecule has 24 heavy (non-hydrogen) atoms. The average molecular weight is 344 g/mol. The van der Waals surface area contributed by atoms with Crippen LogP contribution < -0.4 is 9.62 Å². The van der Waals surface area contributed by atoms with E-state index >= 15 is 0 Å². The molecule has 0 aliphatic carbocycles. The summed E-state index contributed by atoms with van der Waals surface area (Å²) in [5.74, 6) is -1.04. The largest absolute Gasteiger partial charge is 0.268 e. The second-order valence-corrected chi connectivity index (χ2v) is 7.09. The summed E-state index contributed by atoms with van der Waals surface area (Å²) in [5.41, 5.74) is 0.611. The van der Waals surface area contributed by atoms with Crippen molar-refractivity contribution in [3.8, 4) is 0 Å². The average Bonchev–Trinajstić information content (AvgIpc) is 2.85. The third-order valence-corrected chi connectivity index (χ3v) is 5.24. The van der Waals surface area contributed by atoms with Crippen molar-refractivity contribution in [3.05, 3.63) is 59.7 Å². The van der Waals surface area contributed by atoms with Crippen LogP contribution in [0, 0.1) is 0 Å². The number of anilines is 1. The number of hydrogen-bond acceptors (Lipinski definition) is 4. The maximum Gasteiger partial charge on any atom is 0.266 e. The van der Waals surface area contributed by atoms with Gasteiger partial charge in [0.2, 0.25) is 10.0 Å². The molecule has 2 amide bonds. The van der Waals surface area contributed by atoms with Crippen molar-refractivity contribution in [1.29, 1.82) is 0 Å². The van der Waals surface area contributed by atoms with Crippen molar-refractivity contribution in [2.45, 2.75) is 18.2 Å². The summed E-state index contributed by atoms with van der Waals surface area (Å²) < 4.78 is 27.5. The molecule has 2 aromatic carbocycles. The van der Waals surface area contributed by atoms with Crippen LogP contribution in [0.3, 0.4) is 0 Å². The van der Waals surface area contributed by atoms with Gasteiger partial charge in [0.1, 0.15) is 4.90 Å². The van der Waals surface area contributed by atoms with E-state index in [2.05, 4.69) is 4.72 Å². The summed E-state index contributed by atoms with van der Waals surface area (Å²) in [4.78, 5) is 26.0. The van der Waals surface area contributed by atoms with Crippen molar-refractivity contribution >= 4 is 27.5 Å². The van der Waals surface area contributed by atoms with Crippen LogP contribution in [-0.2, 0) is 10.0 Å². The maximum atomic E-state index is 12.6. The number of amides is 2. The van der Waals surface area contributed by atoms with Gasteiger partial charge in [-0.2, -0.15) is 0 Å². The molecule has 0 saturated carbocycles. The zero-order valence-corrected chi connectivity index (χ0v) is 13.8. The summed E-state index contributed by atoms with van der Waals surface area (Å²) in [6.45, 7) is 2.12. The first-order chi connectivity index (χ1) is 11.5. The van der Waals surface area contributed by atoms with E-state index in [1.54, 1.807) is 36.4 Å². The Hall–Kier alpha value is -2.51. The first kappa shape index (κ1) is 16.4. The first-order valence-corrected chi connectivity index (χ1v) is 9.02. The van der Waals surface area contributed by atoms with E-state index in [0.717, 1.165) is 4.90 Å². The van der Waals surface area contributed by atoms with Gasteiger partial charge in [-0.15, -0.1) is 0 Å². The number of carbonyl (C=O) groups is 2. The zero-order valence-electron chi connectivity index (χ0n) is 13.0.